The molecule has 3 nitrogen and oxygen atoms in total. The third-order valence-electron chi connectivity index (χ3n) is 2.81. The van der Waals surface area contributed by atoms with Crippen molar-refractivity contribution in [2.75, 3.05) is 5.32 Å². The minimum Gasteiger partial charge on any atom is -0.508 e. The maximum atomic E-state index is 13.1. The van der Waals surface area contributed by atoms with Gasteiger partial charge in [-0.2, -0.15) is 0 Å². The summed E-state index contributed by atoms with van der Waals surface area (Å²) in [6.45, 7) is 3.76. The number of nitrogens with one attached hydrogen (secondary N) is 1. The average molecular weight is 246 g/mol. The molecule has 0 bridgehead atoms. The fourth-order valence-corrected chi connectivity index (χ4v) is 1.74. The second-order valence-corrected chi connectivity index (χ2v) is 4.30. The number of phenols is 1. The highest BCUT2D eigenvalue weighted by Crippen LogP contribution is 2.24. The van der Waals surface area contributed by atoms with Gasteiger partial charge in [0.2, 0.25) is 0 Å². The summed E-state index contributed by atoms with van der Waals surface area (Å²) < 4.78 is 13.1. The largest absolute Gasteiger partial charge is 0.508 e. The fraction of sp³-hybridized carbons (Fsp3) is 0.214. The van der Waals surface area contributed by atoms with Crippen LogP contribution in [-0.2, 0) is 0 Å². The first-order valence-electron chi connectivity index (χ1n) is 5.73. The molecule has 1 aromatic carbocycles. The third kappa shape index (κ3) is 2.77. The van der Waals surface area contributed by atoms with E-state index in [1.807, 2.05) is 19.9 Å². The van der Waals surface area contributed by atoms with Crippen molar-refractivity contribution in [1.29, 1.82) is 0 Å². The van der Waals surface area contributed by atoms with E-state index in [9.17, 15) is 9.50 Å². The van der Waals surface area contributed by atoms with Gasteiger partial charge in [-0.3, -0.25) is 4.98 Å². The van der Waals surface area contributed by atoms with Crippen molar-refractivity contribution in [2.24, 2.45) is 0 Å². The number of phenolic OH excluding ortho intramolecular Hbond substituents is 1. The Hall–Kier alpha value is -2.10. The van der Waals surface area contributed by atoms with Crippen LogP contribution < -0.4 is 5.32 Å². The number of aromatic nitrogens is 1. The fourth-order valence-electron chi connectivity index (χ4n) is 1.74. The second kappa shape index (κ2) is 5.04. The van der Waals surface area contributed by atoms with Gasteiger partial charge in [0.25, 0.3) is 0 Å². The Balaban J connectivity index is 2.16. The van der Waals surface area contributed by atoms with Crippen LogP contribution in [0.4, 0.5) is 10.1 Å². The van der Waals surface area contributed by atoms with E-state index in [1.54, 1.807) is 18.3 Å². The molecular formula is C14H15FN2O. The Labute approximate surface area is 105 Å². The smallest absolute Gasteiger partial charge is 0.141 e. The molecule has 0 aliphatic carbocycles. The highest BCUT2D eigenvalue weighted by atomic mass is 19.1. The van der Waals surface area contributed by atoms with E-state index in [1.165, 1.54) is 12.3 Å². The zero-order valence-electron chi connectivity index (χ0n) is 10.3. The van der Waals surface area contributed by atoms with Crippen LogP contribution in [0, 0.1) is 12.7 Å². The molecule has 4 heteroatoms. The van der Waals surface area contributed by atoms with E-state index in [-0.39, 0.29) is 17.6 Å². The standard InChI is InChI=1S/C14H15FN2O/c1-9-5-13(3-4-14(9)18)17-10(2)11-6-12(15)8-16-7-11/h3-8,10,17-18H,1-2H3. The van der Waals surface area contributed by atoms with Crippen LogP contribution in [0.2, 0.25) is 0 Å². The van der Waals surface area contributed by atoms with Gasteiger partial charge < -0.3 is 10.4 Å². The number of pyridine rings is 1. The molecule has 2 aromatic rings. The number of nitrogens with zero attached hydrogens (tertiary/aromatic N) is 1. The van der Waals surface area contributed by atoms with E-state index in [2.05, 4.69) is 10.3 Å². The van der Waals surface area contributed by atoms with Crippen LogP contribution in [0.5, 0.6) is 5.75 Å². The molecule has 1 aromatic heterocycles. The van der Waals surface area contributed by atoms with Gasteiger partial charge in [-0.15, -0.1) is 0 Å². The van der Waals surface area contributed by atoms with Crippen molar-refractivity contribution in [3.05, 3.63) is 53.6 Å². The third-order valence-corrected chi connectivity index (χ3v) is 2.81. The SMILES string of the molecule is Cc1cc(NC(C)c2cncc(F)c2)ccc1O. The van der Waals surface area contributed by atoms with E-state index >= 15 is 0 Å². The van der Waals surface area contributed by atoms with Gasteiger partial charge in [-0.25, -0.2) is 4.39 Å². The van der Waals surface area contributed by atoms with E-state index < -0.39 is 0 Å². The van der Waals surface area contributed by atoms with Crippen molar-refractivity contribution >= 4 is 5.69 Å². The van der Waals surface area contributed by atoms with Crippen LogP contribution in [0.25, 0.3) is 0 Å². The summed E-state index contributed by atoms with van der Waals surface area (Å²) in [6.07, 6.45) is 2.81. The molecule has 0 aliphatic heterocycles. The van der Waals surface area contributed by atoms with E-state index in [4.69, 9.17) is 0 Å². The summed E-state index contributed by atoms with van der Waals surface area (Å²) in [5, 5.41) is 12.7. The molecule has 0 saturated carbocycles. The topological polar surface area (TPSA) is 45.2 Å². The number of hydrogen-bond donors (Lipinski definition) is 2. The van der Waals surface area contributed by atoms with Gasteiger partial charge >= 0.3 is 0 Å². The van der Waals surface area contributed by atoms with Crippen molar-refractivity contribution < 1.29 is 9.50 Å². The molecule has 0 radical (unpaired) electrons. The normalized spacial score (nSPS) is 12.2. The first-order valence-corrected chi connectivity index (χ1v) is 5.73. The van der Waals surface area contributed by atoms with Gasteiger partial charge in [-0.1, -0.05) is 0 Å². The molecule has 1 heterocycles. The van der Waals surface area contributed by atoms with Crippen molar-refractivity contribution in [1.82, 2.24) is 4.98 Å². The molecule has 0 fully saturated rings. The van der Waals surface area contributed by atoms with E-state index in [0.717, 1.165) is 16.8 Å². The first-order chi connectivity index (χ1) is 8.56. The molecule has 2 N–H and O–H groups in total. The lowest BCUT2D eigenvalue weighted by atomic mass is 10.1. The van der Waals surface area contributed by atoms with Gasteiger partial charge in [0.1, 0.15) is 11.6 Å². The molecule has 0 spiro atoms. The summed E-state index contributed by atoms with van der Waals surface area (Å²) in [6, 6.07) is 6.66. The van der Waals surface area contributed by atoms with Crippen molar-refractivity contribution in [3.8, 4) is 5.75 Å². The molecule has 0 saturated heterocycles. The lowest BCUT2D eigenvalue weighted by molar-refractivity contribution is 0.471. The lowest BCUT2D eigenvalue weighted by Gasteiger charge is -2.16. The van der Waals surface area contributed by atoms with Crippen molar-refractivity contribution in [3.63, 3.8) is 0 Å². The van der Waals surface area contributed by atoms with Gasteiger partial charge in [-0.05, 0) is 49.2 Å². The Morgan fingerprint density at radius 1 is 1.28 bits per heavy atom. The van der Waals surface area contributed by atoms with Crippen molar-refractivity contribution in [2.45, 2.75) is 19.9 Å². The highest BCUT2D eigenvalue weighted by molar-refractivity contribution is 5.51. The van der Waals surface area contributed by atoms with Crippen LogP contribution in [0.3, 0.4) is 0 Å². The molecule has 18 heavy (non-hydrogen) atoms. The highest BCUT2D eigenvalue weighted by Gasteiger charge is 2.07. The maximum Gasteiger partial charge on any atom is 0.141 e. The molecule has 2 rings (SSSR count). The number of halogens is 1. The quantitative estimate of drug-likeness (QED) is 0.816. The van der Waals surface area contributed by atoms with Crippen LogP contribution in [0.15, 0.2) is 36.7 Å². The molecule has 1 atom stereocenters. The summed E-state index contributed by atoms with van der Waals surface area (Å²) >= 11 is 0. The Kier molecular flexibility index (Phi) is 3.46. The number of rotatable bonds is 3. The van der Waals surface area contributed by atoms with Gasteiger partial charge in [0.05, 0.1) is 12.2 Å². The van der Waals surface area contributed by atoms with Gasteiger partial charge in [0, 0.05) is 11.9 Å². The Morgan fingerprint density at radius 2 is 2.06 bits per heavy atom. The van der Waals surface area contributed by atoms with Crippen LogP contribution >= 0.6 is 0 Å². The molecule has 1 unspecified atom stereocenters. The minimum absolute atomic E-state index is 0.0582. The maximum absolute atomic E-state index is 13.1. The predicted molar refractivity (Wildman–Crippen MR) is 69.1 cm³/mol. The van der Waals surface area contributed by atoms with Crippen LogP contribution in [-0.4, -0.2) is 10.1 Å². The first kappa shape index (κ1) is 12.4. The Bertz CT molecular complexity index is 557. The summed E-state index contributed by atoms with van der Waals surface area (Å²) in [5.41, 5.74) is 2.45. The van der Waals surface area contributed by atoms with E-state index in [0.29, 0.717) is 0 Å². The molecule has 0 aliphatic rings. The number of benzene rings is 1. The summed E-state index contributed by atoms with van der Waals surface area (Å²) in [4.78, 5) is 3.82. The number of anilines is 1. The summed E-state index contributed by atoms with van der Waals surface area (Å²) in [7, 11) is 0. The number of hydrogen-bond acceptors (Lipinski definition) is 3. The lowest BCUT2D eigenvalue weighted by Crippen LogP contribution is -2.07. The van der Waals surface area contributed by atoms with Gasteiger partial charge in [0.15, 0.2) is 0 Å². The molecule has 0 amide bonds. The minimum atomic E-state index is -0.344. The number of aryl methyl sites for hydroxylation is 1. The monoisotopic (exact) mass is 246 g/mol. The number of aromatic hydroxyl groups is 1. The molecule has 94 valence electrons. The van der Waals surface area contributed by atoms with Crippen LogP contribution in [0.1, 0.15) is 24.1 Å². The predicted octanol–water partition coefficient (Wildman–Crippen LogP) is 3.41. The average Bonchev–Trinajstić information content (AvgIpc) is 2.34. The zero-order chi connectivity index (χ0) is 13.1. The second-order valence-electron chi connectivity index (χ2n) is 4.30. The summed E-state index contributed by atoms with van der Waals surface area (Å²) in [5.74, 6) is -0.0799. The Morgan fingerprint density at radius 3 is 2.72 bits per heavy atom. The zero-order valence-corrected chi connectivity index (χ0v) is 10.3. The molecular weight excluding hydrogens is 231 g/mol.